The molecule has 0 spiro atoms. The van der Waals surface area contributed by atoms with Crippen molar-refractivity contribution in [3.8, 4) is 0 Å². The summed E-state index contributed by atoms with van der Waals surface area (Å²) in [7, 11) is 0. The van der Waals surface area contributed by atoms with Gasteiger partial charge in [-0.3, -0.25) is 0 Å². The molecule has 1 aliphatic heterocycles. The van der Waals surface area contributed by atoms with Crippen LogP contribution in [0.2, 0.25) is 0 Å². The molecule has 1 rings (SSSR count). The van der Waals surface area contributed by atoms with Crippen LogP contribution in [0.25, 0.3) is 0 Å². The predicted molar refractivity (Wildman–Crippen MR) is 38.4 cm³/mol. The largest absolute Gasteiger partial charge is 2.00 e. The van der Waals surface area contributed by atoms with E-state index in [1.54, 1.807) is 0 Å². The van der Waals surface area contributed by atoms with Crippen molar-refractivity contribution in [3.63, 3.8) is 0 Å². The van der Waals surface area contributed by atoms with E-state index in [-0.39, 0.29) is 50.1 Å². The molecule has 0 saturated carbocycles. The number of hydrogen-bond donors (Lipinski definition) is 3. The van der Waals surface area contributed by atoms with Crippen LogP contribution in [0.1, 0.15) is 0 Å². The molecule has 0 amide bonds. The van der Waals surface area contributed by atoms with Gasteiger partial charge in [-0.1, -0.05) is 0 Å². The van der Waals surface area contributed by atoms with Gasteiger partial charge in [0, 0.05) is 0 Å². The zero-order valence-electron chi connectivity index (χ0n) is 7.01. The number of aliphatic hydroxyl groups excluding tert-OH is 3. The van der Waals surface area contributed by atoms with Crippen LogP contribution in [0.3, 0.4) is 0 Å². The molecule has 1 heterocycles. The minimum atomic E-state index is -1.48. The maximum atomic E-state index is 10.8. The molecule has 6 nitrogen and oxygen atoms in total. The fourth-order valence-corrected chi connectivity index (χ4v) is 0.809. The summed E-state index contributed by atoms with van der Waals surface area (Å²) in [4.78, 5) is 10.5. The smallest absolute Gasteiger partial charge is 1.00 e. The van der Waals surface area contributed by atoms with Crippen LogP contribution in [0.5, 0.6) is 0 Å². The maximum Gasteiger partial charge on any atom is 2.00 e. The molecular weight excluding hydrogens is 244 g/mol. The number of hydrogen-bond acceptors (Lipinski definition) is 6. The molecule has 0 radical (unpaired) electrons. The van der Waals surface area contributed by atoms with Crippen LogP contribution in [0.15, 0.2) is 11.5 Å². The van der Waals surface area contributed by atoms with Crippen LogP contribution in [-0.2, 0) is 9.53 Å². The molecule has 0 aromatic rings. The Morgan fingerprint density at radius 3 is 2.36 bits per heavy atom. The molecule has 2 atom stereocenters. The summed E-state index contributed by atoms with van der Waals surface area (Å²) in [6.45, 7) is -0.711. The molecule has 0 unspecified atom stereocenters. The second-order valence-electron chi connectivity index (χ2n) is 2.29. The Balaban J connectivity index is 0. The van der Waals surface area contributed by atoms with Crippen molar-refractivity contribution in [2.75, 3.05) is 6.61 Å². The van der Waals surface area contributed by atoms with Gasteiger partial charge in [0.05, 0.1) is 6.61 Å². The zero-order valence-corrected chi connectivity index (χ0v) is 9.98. The quantitative estimate of drug-likeness (QED) is 0.333. The van der Waals surface area contributed by atoms with Crippen molar-refractivity contribution < 1.29 is 42.4 Å². The van der Waals surface area contributed by atoms with Gasteiger partial charge < -0.3 is 37.6 Å². The molecule has 76 valence electrons. The molecule has 1 aliphatic rings. The van der Waals surface area contributed by atoms with E-state index in [0.29, 0.717) is 0 Å². The standard InChI is InChI=1S/C6H8O6.Ca.ClH/c7-1-2(8)5-3(9)4(10)6(11)12-5;;/h2,5,7-10H,1H2;;1H/q;+2;/p-2/t2-,5+;;/m0../s1. The number of carbonyl (C=O) groups excluding carboxylic acids is 1. The third-order valence-corrected chi connectivity index (χ3v) is 1.46. The van der Waals surface area contributed by atoms with Crippen molar-refractivity contribution in [2.24, 2.45) is 0 Å². The van der Waals surface area contributed by atoms with Gasteiger partial charge in [-0.15, -0.1) is 0 Å². The Morgan fingerprint density at radius 1 is 1.57 bits per heavy atom. The van der Waals surface area contributed by atoms with Crippen molar-refractivity contribution in [1.29, 1.82) is 0 Å². The Morgan fingerprint density at radius 2 is 2.07 bits per heavy atom. The Kier molecular flexibility index (Phi) is 8.00. The summed E-state index contributed by atoms with van der Waals surface area (Å²) in [5.41, 5.74) is 0. The third kappa shape index (κ3) is 3.15. The molecule has 0 bridgehead atoms. The van der Waals surface area contributed by atoms with Crippen LogP contribution in [0.4, 0.5) is 0 Å². The van der Waals surface area contributed by atoms with E-state index in [2.05, 4.69) is 4.74 Å². The second kappa shape index (κ2) is 6.71. The van der Waals surface area contributed by atoms with E-state index in [1.165, 1.54) is 0 Å². The van der Waals surface area contributed by atoms with Gasteiger partial charge in [0.1, 0.15) is 12.2 Å². The predicted octanol–water partition coefficient (Wildman–Crippen LogP) is -5.98. The van der Waals surface area contributed by atoms with E-state index in [1.807, 2.05) is 0 Å². The summed E-state index contributed by atoms with van der Waals surface area (Å²) in [6, 6.07) is 0. The summed E-state index contributed by atoms with van der Waals surface area (Å²) in [5, 5.41) is 36.8. The second-order valence-corrected chi connectivity index (χ2v) is 2.29. The average Bonchev–Trinajstić information content (AvgIpc) is 2.32. The van der Waals surface area contributed by atoms with Gasteiger partial charge in [0.25, 0.3) is 0 Å². The Bertz CT molecular complexity index is 242. The van der Waals surface area contributed by atoms with Gasteiger partial charge >= 0.3 is 43.7 Å². The molecule has 0 aromatic carbocycles. The number of halogens is 1. The number of aliphatic hydroxyl groups is 3. The molecule has 0 fully saturated rings. The Hall–Kier alpha value is 0.280. The molecule has 0 aromatic heterocycles. The van der Waals surface area contributed by atoms with E-state index in [4.69, 9.17) is 15.3 Å². The summed E-state index contributed by atoms with van der Waals surface area (Å²) >= 11 is 0. The van der Waals surface area contributed by atoms with Crippen molar-refractivity contribution >= 4 is 43.7 Å². The first kappa shape index (κ1) is 16.7. The Labute approximate surface area is 116 Å². The van der Waals surface area contributed by atoms with Gasteiger partial charge in [0.15, 0.2) is 5.76 Å². The average molecular weight is 251 g/mol. The summed E-state index contributed by atoms with van der Waals surface area (Å²) < 4.78 is 4.25. The minimum Gasteiger partial charge on any atom is -1.00 e. The molecule has 0 saturated heterocycles. The van der Waals surface area contributed by atoms with Gasteiger partial charge in [-0.2, -0.15) is 0 Å². The van der Waals surface area contributed by atoms with E-state index in [9.17, 15) is 9.90 Å². The molecular formula is C6H7CaClO6. The van der Waals surface area contributed by atoms with Gasteiger partial charge in [0.2, 0.25) is 0 Å². The third-order valence-electron chi connectivity index (χ3n) is 1.46. The number of ether oxygens (including phenoxy) is 1. The molecule has 0 aliphatic carbocycles. The van der Waals surface area contributed by atoms with Crippen LogP contribution in [0, 0.1) is 0 Å². The fraction of sp³-hybridized carbons (Fsp3) is 0.500. The minimum absolute atomic E-state index is 0. The first-order chi connectivity index (χ1) is 5.57. The molecule has 14 heavy (non-hydrogen) atoms. The zero-order chi connectivity index (χ0) is 9.30. The number of carbonyl (C=O) groups is 1. The topological polar surface area (TPSA) is 110 Å². The van der Waals surface area contributed by atoms with Crippen molar-refractivity contribution in [3.05, 3.63) is 11.5 Å². The van der Waals surface area contributed by atoms with Crippen LogP contribution >= 0.6 is 0 Å². The number of esters is 1. The molecule has 3 N–H and O–H groups in total. The fourth-order valence-electron chi connectivity index (χ4n) is 0.809. The molecule has 8 heteroatoms. The van der Waals surface area contributed by atoms with Crippen LogP contribution < -0.4 is 17.5 Å². The summed E-state index contributed by atoms with van der Waals surface area (Å²) in [5.74, 6) is -3.20. The SMILES string of the molecule is O=C1O[C@H]([C@@H](O)CO)C([O-])=C1O.[Ca+2].[Cl-]. The van der Waals surface area contributed by atoms with E-state index < -0.39 is 36.3 Å². The summed E-state index contributed by atoms with van der Waals surface area (Å²) in [6.07, 6.45) is -2.95. The van der Waals surface area contributed by atoms with Crippen molar-refractivity contribution in [2.45, 2.75) is 12.2 Å². The van der Waals surface area contributed by atoms with Crippen LogP contribution in [-0.4, -0.2) is 77.8 Å². The van der Waals surface area contributed by atoms with Gasteiger partial charge in [-0.25, -0.2) is 4.79 Å². The van der Waals surface area contributed by atoms with E-state index in [0.717, 1.165) is 0 Å². The first-order valence-corrected chi connectivity index (χ1v) is 3.18. The number of rotatable bonds is 2. The van der Waals surface area contributed by atoms with Gasteiger partial charge in [-0.05, 0) is 5.76 Å². The maximum absolute atomic E-state index is 10.8. The first-order valence-electron chi connectivity index (χ1n) is 3.18. The number of cyclic esters (lactones) is 1. The normalized spacial score (nSPS) is 22.1. The monoisotopic (exact) mass is 250 g/mol. The van der Waals surface area contributed by atoms with E-state index >= 15 is 0 Å². The van der Waals surface area contributed by atoms with Crippen molar-refractivity contribution in [1.82, 2.24) is 0 Å².